The average molecular weight is 374 g/mol. The van der Waals surface area contributed by atoms with Gasteiger partial charge >= 0.3 is 5.97 Å². The van der Waals surface area contributed by atoms with Crippen molar-refractivity contribution in [3.63, 3.8) is 0 Å². The summed E-state index contributed by atoms with van der Waals surface area (Å²) in [5.74, 6) is -0.227. The molecule has 142 valence electrons. The summed E-state index contributed by atoms with van der Waals surface area (Å²) in [6.07, 6.45) is 6.92. The van der Waals surface area contributed by atoms with Gasteiger partial charge in [-0.3, -0.25) is 4.99 Å². The topological polar surface area (TPSA) is 78.7 Å². The summed E-state index contributed by atoms with van der Waals surface area (Å²) in [6.45, 7) is 6.24. The highest BCUT2D eigenvalue weighted by atomic mass is 16.4. The number of aromatic carboxylic acids is 1. The molecule has 0 spiro atoms. The normalized spacial score (nSPS) is 15.8. The summed E-state index contributed by atoms with van der Waals surface area (Å²) < 4.78 is 0. The first-order valence-corrected chi connectivity index (χ1v) is 9.29. The number of carboxylic acid groups (broad SMARTS) is 1. The smallest absolute Gasteiger partial charge is 0.335 e. The maximum atomic E-state index is 11.3. The number of nitrogens with zero attached hydrogens (tertiary/aromatic N) is 4. The molecule has 1 aromatic heterocycles. The highest BCUT2D eigenvalue weighted by Gasteiger charge is 2.23. The van der Waals surface area contributed by atoms with E-state index in [1.165, 1.54) is 0 Å². The van der Waals surface area contributed by atoms with Crippen LogP contribution < -0.4 is 4.90 Å². The molecule has 2 heterocycles. The second-order valence-corrected chi connectivity index (χ2v) is 7.42. The molecule has 2 aliphatic rings. The Morgan fingerprint density at radius 3 is 2.71 bits per heavy atom. The molecule has 1 aromatic carbocycles. The number of anilines is 1. The van der Waals surface area contributed by atoms with Crippen molar-refractivity contribution in [3.8, 4) is 0 Å². The number of allylic oxidation sites excluding steroid dienone is 5. The third-order valence-electron chi connectivity index (χ3n) is 5.24. The summed E-state index contributed by atoms with van der Waals surface area (Å²) in [5.41, 5.74) is 6.67. The molecule has 6 heteroatoms. The van der Waals surface area contributed by atoms with Gasteiger partial charge in [-0.2, -0.15) is 0 Å². The highest BCUT2D eigenvalue weighted by molar-refractivity contribution is 6.11. The van der Waals surface area contributed by atoms with E-state index in [0.717, 1.165) is 40.4 Å². The zero-order valence-electron chi connectivity index (χ0n) is 16.4. The number of benzene rings is 1. The largest absolute Gasteiger partial charge is 0.478 e. The number of hydrogen-bond donors (Lipinski definition) is 1. The number of carboxylic acids is 1. The lowest BCUT2D eigenvalue weighted by molar-refractivity contribution is 0.0697. The van der Waals surface area contributed by atoms with E-state index in [1.807, 2.05) is 13.2 Å². The molecule has 2 aromatic rings. The van der Waals surface area contributed by atoms with Crippen LogP contribution >= 0.6 is 0 Å². The second-order valence-electron chi connectivity index (χ2n) is 7.42. The molecule has 0 atom stereocenters. The second kappa shape index (κ2) is 6.71. The lowest BCUT2D eigenvalue weighted by atomic mass is 9.92. The van der Waals surface area contributed by atoms with Crippen LogP contribution in [0, 0.1) is 0 Å². The number of aromatic nitrogens is 2. The third-order valence-corrected chi connectivity index (χ3v) is 5.24. The van der Waals surface area contributed by atoms with Gasteiger partial charge in [0.25, 0.3) is 0 Å². The van der Waals surface area contributed by atoms with Crippen molar-refractivity contribution in [2.24, 2.45) is 4.99 Å². The fourth-order valence-electron chi connectivity index (χ4n) is 3.35. The Balaban J connectivity index is 1.90. The Bertz CT molecular complexity index is 1120. The minimum absolute atomic E-state index is 0.208. The molecule has 0 fully saturated rings. The first-order valence-electron chi connectivity index (χ1n) is 9.29. The van der Waals surface area contributed by atoms with Gasteiger partial charge in [0.1, 0.15) is 5.69 Å². The van der Waals surface area contributed by atoms with E-state index in [1.54, 1.807) is 18.2 Å². The van der Waals surface area contributed by atoms with Gasteiger partial charge in [0.2, 0.25) is 0 Å². The van der Waals surface area contributed by atoms with E-state index in [4.69, 9.17) is 9.97 Å². The number of hydrogen-bond acceptors (Lipinski definition) is 5. The monoisotopic (exact) mass is 374 g/mol. The van der Waals surface area contributed by atoms with Crippen LogP contribution in [0.2, 0.25) is 0 Å². The van der Waals surface area contributed by atoms with Crippen molar-refractivity contribution in [1.82, 2.24) is 9.97 Å². The quantitative estimate of drug-likeness (QED) is 0.866. The zero-order chi connectivity index (χ0) is 20.0. The molecule has 1 aliphatic heterocycles. The summed E-state index contributed by atoms with van der Waals surface area (Å²) in [5, 5.41) is 9.29. The molecule has 0 saturated heterocycles. The Hall–Kier alpha value is -3.28. The third kappa shape index (κ3) is 3.01. The molecule has 0 amide bonds. The molecular weight excluding hydrogens is 352 g/mol. The molecule has 1 aliphatic carbocycles. The van der Waals surface area contributed by atoms with Gasteiger partial charge in [0.15, 0.2) is 5.82 Å². The van der Waals surface area contributed by atoms with E-state index in [9.17, 15) is 9.90 Å². The Morgan fingerprint density at radius 1 is 1.21 bits per heavy atom. The van der Waals surface area contributed by atoms with Gasteiger partial charge in [-0.05, 0) is 50.6 Å². The number of rotatable bonds is 4. The molecule has 0 radical (unpaired) electrons. The van der Waals surface area contributed by atoms with Crippen LogP contribution in [0.15, 0.2) is 52.7 Å². The number of fused-ring (bicyclic) bond motifs is 2. The first-order chi connectivity index (χ1) is 13.3. The van der Waals surface area contributed by atoms with E-state index >= 15 is 0 Å². The highest BCUT2D eigenvalue weighted by Crippen LogP contribution is 2.34. The Morgan fingerprint density at radius 2 is 2.00 bits per heavy atom. The molecule has 28 heavy (non-hydrogen) atoms. The van der Waals surface area contributed by atoms with Gasteiger partial charge in [0.05, 0.1) is 22.3 Å². The van der Waals surface area contributed by atoms with Crippen LogP contribution in [-0.4, -0.2) is 39.8 Å². The molecule has 1 N–H and O–H groups in total. The van der Waals surface area contributed by atoms with E-state index in [2.05, 4.69) is 42.8 Å². The van der Waals surface area contributed by atoms with Crippen molar-refractivity contribution in [2.75, 3.05) is 11.9 Å². The molecule has 0 bridgehead atoms. The molecule has 0 saturated carbocycles. The summed E-state index contributed by atoms with van der Waals surface area (Å²) in [7, 11) is 1.98. The fraction of sp³-hybridized carbons (Fsp3) is 0.273. The lowest BCUT2D eigenvalue weighted by Crippen LogP contribution is -2.28. The zero-order valence-corrected chi connectivity index (χ0v) is 16.4. The summed E-state index contributed by atoms with van der Waals surface area (Å²) in [6, 6.07) is 5.08. The molecule has 0 unspecified atom stereocenters. The standard InChI is InChI=1S/C22H22N4O2/c1-12(2)26(4)21-20(14-5-7-17-16(9-14)13(3)11-23-17)24-18-8-6-15(22(27)28)10-19(18)25-21/h5-6,8-12H,7H2,1-4H3,(H,27,28). The molecule has 6 nitrogen and oxygen atoms in total. The maximum absolute atomic E-state index is 11.3. The van der Waals surface area contributed by atoms with Crippen LogP contribution in [0.4, 0.5) is 5.82 Å². The van der Waals surface area contributed by atoms with Crippen molar-refractivity contribution >= 4 is 34.1 Å². The van der Waals surface area contributed by atoms with Gasteiger partial charge in [-0.1, -0.05) is 6.08 Å². The van der Waals surface area contributed by atoms with Gasteiger partial charge in [0, 0.05) is 36.9 Å². The first kappa shape index (κ1) is 18.1. The van der Waals surface area contributed by atoms with Crippen molar-refractivity contribution in [1.29, 1.82) is 0 Å². The Kier molecular flexibility index (Phi) is 4.34. The fourth-order valence-corrected chi connectivity index (χ4v) is 3.35. The minimum Gasteiger partial charge on any atom is -0.478 e. The van der Waals surface area contributed by atoms with E-state index in [0.29, 0.717) is 11.0 Å². The van der Waals surface area contributed by atoms with Gasteiger partial charge in [-0.15, -0.1) is 0 Å². The minimum atomic E-state index is -0.971. The van der Waals surface area contributed by atoms with Crippen molar-refractivity contribution < 1.29 is 9.90 Å². The van der Waals surface area contributed by atoms with Gasteiger partial charge in [-0.25, -0.2) is 14.8 Å². The van der Waals surface area contributed by atoms with Crippen LogP contribution in [0.3, 0.4) is 0 Å². The van der Waals surface area contributed by atoms with Crippen LogP contribution in [-0.2, 0) is 0 Å². The van der Waals surface area contributed by atoms with Crippen LogP contribution in [0.5, 0.6) is 0 Å². The average Bonchev–Trinajstić information content (AvgIpc) is 3.06. The molecule has 4 rings (SSSR count). The van der Waals surface area contributed by atoms with E-state index in [-0.39, 0.29) is 11.6 Å². The molecular formula is C22H22N4O2. The van der Waals surface area contributed by atoms with E-state index < -0.39 is 5.97 Å². The van der Waals surface area contributed by atoms with Crippen LogP contribution in [0.25, 0.3) is 16.6 Å². The summed E-state index contributed by atoms with van der Waals surface area (Å²) in [4.78, 5) is 27.5. The predicted octanol–water partition coefficient (Wildman–Crippen LogP) is 4.24. The maximum Gasteiger partial charge on any atom is 0.335 e. The Labute approximate surface area is 163 Å². The van der Waals surface area contributed by atoms with Crippen molar-refractivity contribution in [3.05, 3.63) is 59.0 Å². The lowest BCUT2D eigenvalue weighted by Gasteiger charge is -2.26. The SMILES string of the molecule is CC1=CN=C2CC=C(c3nc4ccc(C(=O)O)cc4nc3N(C)C(C)C)C=C12. The summed E-state index contributed by atoms with van der Waals surface area (Å²) >= 11 is 0. The number of carbonyl (C=O) groups is 1. The number of aliphatic imine (C=N–C) groups is 1. The van der Waals surface area contributed by atoms with Crippen LogP contribution in [0.1, 0.15) is 43.2 Å². The predicted molar refractivity (Wildman–Crippen MR) is 112 cm³/mol. The van der Waals surface area contributed by atoms with Gasteiger partial charge < -0.3 is 10.0 Å². The van der Waals surface area contributed by atoms with Crippen molar-refractivity contribution in [2.45, 2.75) is 33.2 Å².